The van der Waals surface area contributed by atoms with Crippen molar-refractivity contribution in [3.63, 3.8) is 0 Å². The van der Waals surface area contributed by atoms with E-state index in [-0.39, 0.29) is 16.9 Å². The molecule has 3 aromatic rings. The molecule has 8 heteroatoms. The first-order chi connectivity index (χ1) is 15.8. The van der Waals surface area contributed by atoms with Gasteiger partial charge in [0, 0.05) is 36.2 Å². The first-order valence-corrected chi connectivity index (χ1v) is 12.8. The zero-order valence-corrected chi connectivity index (χ0v) is 20.2. The molecule has 33 heavy (non-hydrogen) atoms. The average molecular weight is 470 g/mol. The third kappa shape index (κ3) is 3.39. The molecule has 1 N–H and O–H groups in total. The van der Waals surface area contributed by atoms with Gasteiger partial charge in [-0.2, -0.15) is 4.31 Å². The van der Waals surface area contributed by atoms with E-state index < -0.39 is 16.1 Å². The number of ether oxygens (including phenoxy) is 1. The SMILES string of the molecule is COc1ccc2c3c(n(C)c2c1)[C@H](CO)N(S(=O)(=O)c1ccccc1)CC31CCN(C)CC1. The predicted octanol–water partition coefficient (Wildman–Crippen LogP) is 2.89. The molecular formula is C25H31N3O4S. The second-order valence-electron chi connectivity index (χ2n) is 9.35. The van der Waals surface area contributed by atoms with Gasteiger partial charge in [0.2, 0.25) is 10.0 Å². The van der Waals surface area contributed by atoms with Crippen molar-refractivity contribution in [1.29, 1.82) is 0 Å². The number of aliphatic hydroxyl groups excluding tert-OH is 1. The van der Waals surface area contributed by atoms with Gasteiger partial charge in [-0.3, -0.25) is 0 Å². The smallest absolute Gasteiger partial charge is 0.243 e. The van der Waals surface area contributed by atoms with E-state index in [1.807, 2.05) is 25.2 Å². The minimum atomic E-state index is -3.80. The van der Waals surface area contributed by atoms with Gasteiger partial charge in [-0.25, -0.2) is 8.42 Å². The van der Waals surface area contributed by atoms with Crippen LogP contribution in [0.3, 0.4) is 0 Å². The number of benzene rings is 2. The lowest BCUT2D eigenvalue weighted by Crippen LogP contribution is -2.55. The van der Waals surface area contributed by atoms with Gasteiger partial charge in [0.05, 0.1) is 30.2 Å². The maximum atomic E-state index is 13.9. The number of methoxy groups -OCH3 is 1. The molecule has 0 amide bonds. The van der Waals surface area contributed by atoms with E-state index in [1.54, 1.807) is 35.7 Å². The van der Waals surface area contributed by atoms with E-state index >= 15 is 0 Å². The number of rotatable bonds is 4. The number of nitrogens with zero attached hydrogens (tertiary/aromatic N) is 3. The number of aliphatic hydroxyl groups is 1. The second kappa shape index (κ2) is 8.13. The highest BCUT2D eigenvalue weighted by atomic mass is 32.2. The van der Waals surface area contributed by atoms with Crippen molar-refractivity contribution in [2.75, 3.05) is 40.4 Å². The number of aryl methyl sites for hydroxylation is 1. The predicted molar refractivity (Wildman–Crippen MR) is 128 cm³/mol. The fraction of sp³-hybridized carbons (Fsp3) is 0.440. The Morgan fingerprint density at radius 1 is 1.09 bits per heavy atom. The standard InChI is InChI=1S/C25H31N3O4S/c1-26-13-11-25(12-14-26)17-28(33(30,31)19-7-5-4-6-8-19)22(16-29)24-23(25)20-10-9-18(32-3)15-21(20)27(24)2/h4-10,15,22,29H,11-14,16-17H2,1-3H3/t22-/m0/s1. The van der Waals surface area contributed by atoms with Gasteiger partial charge in [-0.1, -0.05) is 18.2 Å². The summed E-state index contributed by atoms with van der Waals surface area (Å²) < 4.78 is 36.8. The molecule has 0 bridgehead atoms. The molecule has 176 valence electrons. The maximum Gasteiger partial charge on any atom is 0.243 e. The first kappa shape index (κ1) is 22.4. The Morgan fingerprint density at radius 3 is 2.42 bits per heavy atom. The van der Waals surface area contributed by atoms with E-state index in [0.717, 1.165) is 48.3 Å². The van der Waals surface area contributed by atoms with Gasteiger partial charge in [0.25, 0.3) is 0 Å². The van der Waals surface area contributed by atoms with Crippen LogP contribution in [0.5, 0.6) is 5.75 Å². The van der Waals surface area contributed by atoms with Gasteiger partial charge in [-0.05, 0) is 62.8 Å². The van der Waals surface area contributed by atoms with E-state index in [2.05, 4.69) is 22.6 Å². The molecule has 2 aliphatic rings. The molecule has 1 fully saturated rings. The number of hydrogen-bond acceptors (Lipinski definition) is 5. The molecule has 1 atom stereocenters. The molecule has 5 rings (SSSR count). The topological polar surface area (TPSA) is 75.0 Å². The monoisotopic (exact) mass is 469 g/mol. The summed E-state index contributed by atoms with van der Waals surface area (Å²) >= 11 is 0. The van der Waals surface area contributed by atoms with E-state index in [4.69, 9.17) is 4.74 Å². The van der Waals surface area contributed by atoms with Crippen LogP contribution in [0.2, 0.25) is 0 Å². The Morgan fingerprint density at radius 2 is 1.79 bits per heavy atom. The van der Waals surface area contributed by atoms with Crippen molar-refractivity contribution < 1.29 is 18.3 Å². The first-order valence-electron chi connectivity index (χ1n) is 11.4. The Hall–Kier alpha value is -2.39. The van der Waals surface area contributed by atoms with Crippen LogP contribution in [0.25, 0.3) is 10.9 Å². The third-order valence-electron chi connectivity index (χ3n) is 7.57. The summed E-state index contributed by atoms with van der Waals surface area (Å²) in [4.78, 5) is 2.56. The van der Waals surface area contributed by atoms with Gasteiger partial charge >= 0.3 is 0 Å². The van der Waals surface area contributed by atoms with Crippen molar-refractivity contribution in [1.82, 2.24) is 13.8 Å². The third-order valence-corrected chi connectivity index (χ3v) is 9.44. The van der Waals surface area contributed by atoms with Gasteiger partial charge < -0.3 is 19.3 Å². The van der Waals surface area contributed by atoms with Crippen LogP contribution < -0.4 is 4.74 Å². The summed E-state index contributed by atoms with van der Waals surface area (Å²) in [5.41, 5.74) is 2.75. The van der Waals surface area contributed by atoms with E-state index in [9.17, 15) is 13.5 Å². The highest BCUT2D eigenvalue weighted by molar-refractivity contribution is 7.89. The molecule has 0 radical (unpaired) electrons. The summed E-state index contributed by atoms with van der Waals surface area (Å²) in [5.74, 6) is 0.757. The molecule has 1 aromatic heterocycles. The fourth-order valence-electron chi connectivity index (χ4n) is 5.75. The maximum absolute atomic E-state index is 13.9. The second-order valence-corrected chi connectivity index (χ2v) is 11.2. The molecule has 0 unspecified atom stereocenters. The zero-order chi connectivity index (χ0) is 23.4. The quantitative estimate of drug-likeness (QED) is 0.636. The largest absolute Gasteiger partial charge is 0.497 e. The lowest BCUT2D eigenvalue weighted by atomic mass is 9.69. The molecule has 0 saturated carbocycles. The van der Waals surface area contributed by atoms with Crippen LogP contribution in [0.1, 0.15) is 30.1 Å². The van der Waals surface area contributed by atoms with Crippen LogP contribution in [-0.2, 0) is 22.5 Å². The summed E-state index contributed by atoms with van der Waals surface area (Å²) in [7, 11) is 1.92. The molecule has 0 aliphatic carbocycles. The van der Waals surface area contributed by atoms with E-state index in [0.29, 0.717) is 6.54 Å². The number of aromatic nitrogens is 1. The Labute approximate surface area is 195 Å². The Bertz CT molecular complexity index is 1280. The molecule has 2 aliphatic heterocycles. The van der Waals surface area contributed by atoms with Crippen molar-refractivity contribution in [2.24, 2.45) is 7.05 Å². The lowest BCUT2D eigenvalue weighted by Gasteiger charge is -2.49. The van der Waals surface area contributed by atoms with Gasteiger partial charge in [0.15, 0.2) is 0 Å². The van der Waals surface area contributed by atoms with Gasteiger partial charge in [0.1, 0.15) is 5.75 Å². The van der Waals surface area contributed by atoms with Gasteiger partial charge in [-0.15, -0.1) is 0 Å². The molecular weight excluding hydrogens is 438 g/mol. The fourth-order valence-corrected chi connectivity index (χ4v) is 7.44. The van der Waals surface area contributed by atoms with Crippen molar-refractivity contribution in [3.8, 4) is 5.75 Å². The summed E-state index contributed by atoms with van der Waals surface area (Å²) in [6.45, 7) is 1.88. The van der Waals surface area contributed by atoms with Crippen LogP contribution in [0.4, 0.5) is 0 Å². The van der Waals surface area contributed by atoms with E-state index in [1.165, 1.54) is 5.56 Å². The van der Waals surface area contributed by atoms with Crippen LogP contribution in [0.15, 0.2) is 53.4 Å². The van der Waals surface area contributed by atoms with Crippen molar-refractivity contribution in [2.45, 2.75) is 29.2 Å². The normalized spacial score (nSPS) is 21.4. The lowest BCUT2D eigenvalue weighted by molar-refractivity contribution is 0.103. The molecule has 1 spiro atoms. The Kier molecular flexibility index (Phi) is 5.52. The number of sulfonamides is 1. The summed E-state index contributed by atoms with van der Waals surface area (Å²) in [6.07, 6.45) is 1.72. The van der Waals surface area contributed by atoms with Crippen LogP contribution in [0, 0.1) is 0 Å². The molecule has 3 heterocycles. The zero-order valence-electron chi connectivity index (χ0n) is 19.4. The highest BCUT2D eigenvalue weighted by Crippen LogP contribution is 2.51. The summed E-state index contributed by atoms with van der Waals surface area (Å²) in [6, 6.07) is 14.0. The van der Waals surface area contributed by atoms with Crippen molar-refractivity contribution >= 4 is 20.9 Å². The highest BCUT2D eigenvalue weighted by Gasteiger charge is 2.51. The minimum Gasteiger partial charge on any atom is -0.497 e. The number of piperidine rings is 1. The van der Waals surface area contributed by atoms with Crippen molar-refractivity contribution in [3.05, 3.63) is 59.8 Å². The van der Waals surface area contributed by atoms with Crippen LogP contribution >= 0.6 is 0 Å². The molecule has 2 aromatic carbocycles. The number of likely N-dealkylation sites (tertiary alicyclic amines) is 1. The van der Waals surface area contributed by atoms with Crippen LogP contribution in [-0.4, -0.2) is 67.7 Å². The number of hydrogen-bond donors (Lipinski definition) is 1. The molecule has 1 saturated heterocycles. The Balaban J connectivity index is 1.77. The minimum absolute atomic E-state index is 0.260. The molecule has 7 nitrogen and oxygen atoms in total. The average Bonchev–Trinajstić information content (AvgIpc) is 3.14. The number of fused-ring (bicyclic) bond motifs is 4. The summed E-state index contributed by atoms with van der Waals surface area (Å²) in [5, 5.41) is 11.7.